The molecule has 0 aliphatic heterocycles. The smallest absolute Gasteiger partial charge is 0.132 e. The Morgan fingerprint density at radius 2 is 1.71 bits per heavy atom. The minimum atomic E-state index is -1.68. The first kappa shape index (κ1) is 31.6. The van der Waals surface area contributed by atoms with Crippen molar-refractivity contribution in [1.82, 2.24) is 0 Å². The molecular weight excluding hydrogens is 545 g/mol. The number of para-hydroxylation sites is 1. The first-order chi connectivity index (χ1) is 19.4. The normalized spacial score (nSPS) is 38.9. The fourth-order valence-corrected chi connectivity index (χ4v) is 13.3. The summed E-state index contributed by atoms with van der Waals surface area (Å²) in [6, 6.07) is 8.27. The molecule has 0 radical (unpaired) electrons. The van der Waals surface area contributed by atoms with Crippen molar-refractivity contribution in [3.8, 4) is 5.75 Å². The molecule has 1 aromatic rings. The number of hydrogen-bond acceptors (Lipinski definition) is 5. The number of aliphatic hydroxyl groups is 2. The minimum Gasteiger partial charge on any atom is -0.496 e. The highest BCUT2D eigenvalue weighted by Gasteiger charge is 2.63. The van der Waals surface area contributed by atoms with Gasteiger partial charge in [-0.1, -0.05) is 63.5 Å². The largest absolute Gasteiger partial charge is 0.496 e. The van der Waals surface area contributed by atoms with Crippen molar-refractivity contribution in [3.05, 3.63) is 34.9 Å². The van der Waals surface area contributed by atoms with Crippen LogP contribution >= 0.6 is 11.8 Å². The summed E-state index contributed by atoms with van der Waals surface area (Å²) in [6.45, 7) is 12.7. The maximum absolute atomic E-state index is 12.5. The Morgan fingerprint density at radius 1 is 1.00 bits per heavy atom. The number of ether oxygens (including phenoxy) is 2. The van der Waals surface area contributed by atoms with E-state index in [1.165, 1.54) is 43.1 Å². The Balaban J connectivity index is 1.39. The second-order valence-electron chi connectivity index (χ2n) is 15.6. The highest BCUT2D eigenvalue weighted by atomic mass is 32.2. The minimum absolute atomic E-state index is 0.0892. The molecule has 5 rings (SSSR count). The molecule has 0 heterocycles. The molecular formula is C35H56O4SSi. The lowest BCUT2D eigenvalue weighted by atomic mass is 9.44. The molecule has 0 aromatic heterocycles. The maximum atomic E-state index is 12.5. The summed E-state index contributed by atoms with van der Waals surface area (Å²) in [5.74, 6) is 4.06. The fraction of sp³-hybridized carbons (Fsp3) is 0.771. The number of hydrogen-bond donors (Lipinski definition) is 2. The number of benzene rings is 1. The van der Waals surface area contributed by atoms with E-state index in [1.54, 1.807) is 14.2 Å². The standard InChI is InChI=1S/C35H56O4SSi/c1-33-19-16-25(36)22-24(33)12-13-26-27-14-15-31(34(27,2)20-17-28(26)33)35(37,23-38-3)21-18-32(41(5,6)7)40-30-11-9-8-10-29(30)39-4/h8-11,18,24-28,31,36-37H,12-17,19-23H2,1-7H3/b32-18+/t24-,25+,26+,27+,28+,31+,33+,34+,35-/m1/s1. The number of thioether (sulfide) groups is 1. The molecule has 4 saturated carbocycles. The van der Waals surface area contributed by atoms with Gasteiger partial charge in [0.05, 0.1) is 38.4 Å². The van der Waals surface area contributed by atoms with Crippen LogP contribution in [0, 0.1) is 40.4 Å². The number of methoxy groups -OCH3 is 2. The van der Waals surface area contributed by atoms with Crippen LogP contribution in [0.3, 0.4) is 0 Å². The quantitative estimate of drug-likeness (QED) is 0.220. The molecule has 2 N–H and O–H groups in total. The van der Waals surface area contributed by atoms with E-state index in [0.717, 1.165) is 41.7 Å². The van der Waals surface area contributed by atoms with Crippen molar-refractivity contribution in [1.29, 1.82) is 0 Å². The van der Waals surface area contributed by atoms with Crippen molar-refractivity contribution in [2.75, 3.05) is 20.8 Å². The van der Waals surface area contributed by atoms with Crippen molar-refractivity contribution in [2.24, 2.45) is 40.4 Å². The van der Waals surface area contributed by atoms with Crippen LogP contribution in [0.2, 0.25) is 19.6 Å². The molecule has 0 amide bonds. The average molecular weight is 601 g/mol. The highest BCUT2D eigenvalue weighted by molar-refractivity contribution is 8.05. The first-order valence-corrected chi connectivity index (χ1v) is 20.6. The van der Waals surface area contributed by atoms with Crippen LogP contribution in [0.5, 0.6) is 5.75 Å². The van der Waals surface area contributed by atoms with Gasteiger partial charge < -0.3 is 19.7 Å². The summed E-state index contributed by atoms with van der Waals surface area (Å²) in [6.07, 6.45) is 13.5. The Bertz CT molecular complexity index is 1100. The van der Waals surface area contributed by atoms with Crippen LogP contribution < -0.4 is 4.74 Å². The number of aliphatic hydroxyl groups excluding tert-OH is 1. The van der Waals surface area contributed by atoms with Gasteiger partial charge in [0.2, 0.25) is 0 Å². The van der Waals surface area contributed by atoms with E-state index < -0.39 is 13.7 Å². The molecule has 4 aliphatic carbocycles. The SMILES string of the molecule is COC[C@](O)(C/C=C(\Sc1ccccc1OC)[Si](C)(C)C)[C@H]1CC[C@H]2[C@@H]3CC[C@@H]4C[C@@H](O)CC[C@]4(C)[C@H]3CC[C@]12C. The maximum Gasteiger partial charge on any atom is 0.132 e. The number of rotatable bonds is 9. The van der Waals surface area contributed by atoms with E-state index in [9.17, 15) is 10.2 Å². The van der Waals surface area contributed by atoms with Gasteiger partial charge in [-0.05, 0) is 121 Å². The average Bonchev–Trinajstić information content (AvgIpc) is 3.29. The van der Waals surface area contributed by atoms with Crippen molar-refractivity contribution in [2.45, 2.75) is 114 Å². The Hall–Kier alpha value is -0.793. The van der Waals surface area contributed by atoms with Gasteiger partial charge in [0.15, 0.2) is 0 Å². The first-order valence-electron chi connectivity index (χ1n) is 16.3. The lowest BCUT2D eigenvalue weighted by Gasteiger charge is -2.61. The van der Waals surface area contributed by atoms with Crippen LogP contribution in [0.1, 0.15) is 78.1 Å². The summed E-state index contributed by atoms with van der Waals surface area (Å²) >= 11 is 1.82. The molecule has 0 unspecified atom stereocenters. The molecule has 0 bridgehead atoms. The molecule has 6 heteroatoms. The molecule has 4 aliphatic rings. The summed E-state index contributed by atoms with van der Waals surface area (Å²) in [5, 5.41) is 23.0. The van der Waals surface area contributed by atoms with E-state index in [1.807, 2.05) is 23.9 Å². The third-order valence-corrected chi connectivity index (χ3v) is 17.1. The van der Waals surface area contributed by atoms with Gasteiger partial charge in [0.25, 0.3) is 0 Å². The van der Waals surface area contributed by atoms with Gasteiger partial charge in [0.1, 0.15) is 5.75 Å². The molecule has 1 aromatic carbocycles. The van der Waals surface area contributed by atoms with Gasteiger partial charge >= 0.3 is 0 Å². The third-order valence-electron chi connectivity index (χ3n) is 12.4. The topological polar surface area (TPSA) is 58.9 Å². The van der Waals surface area contributed by atoms with Crippen molar-refractivity contribution < 1.29 is 19.7 Å². The number of fused-ring (bicyclic) bond motifs is 5. The van der Waals surface area contributed by atoms with E-state index in [4.69, 9.17) is 9.47 Å². The zero-order chi connectivity index (χ0) is 29.6. The lowest BCUT2D eigenvalue weighted by molar-refractivity contribution is -0.155. The van der Waals surface area contributed by atoms with Gasteiger partial charge in [-0.15, -0.1) is 0 Å². The predicted octanol–water partition coefficient (Wildman–Crippen LogP) is 8.34. The van der Waals surface area contributed by atoms with Crippen LogP contribution in [0.4, 0.5) is 0 Å². The van der Waals surface area contributed by atoms with E-state index in [-0.39, 0.29) is 17.4 Å². The Morgan fingerprint density at radius 3 is 2.41 bits per heavy atom. The van der Waals surface area contributed by atoms with Crippen molar-refractivity contribution >= 4 is 19.8 Å². The summed E-state index contributed by atoms with van der Waals surface area (Å²) in [5.41, 5.74) is -0.336. The molecule has 0 saturated heterocycles. The van der Waals surface area contributed by atoms with Crippen LogP contribution in [-0.2, 0) is 4.74 Å². The van der Waals surface area contributed by atoms with Crippen LogP contribution in [0.15, 0.2) is 39.8 Å². The van der Waals surface area contributed by atoms with Crippen LogP contribution in [-0.4, -0.2) is 50.8 Å². The molecule has 4 nitrogen and oxygen atoms in total. The van der Waals surface area contributed by atoms with Gasteiger partial charge in [-0.25, -0.2) is 0 Å². The van der Waals surface area contributed by atoms with Gasteiger partial charge in [-0.3, -0.25) is 0 Å². The molecule has 4 fully saturated rings. The summed E-state index contributed by atoms with van der Waals surface area (Å²) in [7, 11) is 1.82. The summed E-state index contributed by atoms with van der Waals surface area (Å²) < 4.78 is 12.9. The van der Waals surface area contributed by atoms with Gasteiger partial charge in [0, 0.05) is 7.11 Å². The second kappa shape index (κ2) is 11.9. The third kappa shape index (κ3) is 5.86. The van der Waals surface area contributed by atoms with Crippen LogP contribution in [0.25, 0.3) is 0 Å². The van der Waals surface area contributed by atoms with E-state index in [2.05, 4.69) is 51.7 Å². The predicted molar refractivity (Wildman–Crippen MR) is 173 cm³/mol. The highest BCUT2D eigenvalue weighted by Crippen LogP contribution is 2.68. The molecule has 41 heavy (non-hydrogen) atoms. The van der Waals surface area contributed by atoms with Crippen molar-refractivity contribution in [3.63, 3.8) is 0 Å². The monoisotopic (exact) mass is 600 g/mol. The van der Waals surface area contributed by atoms with E-state index >= 15 is 0 Å². The molecule has 0 spiro atoms. The zero-order valence-electron chi connectivity index (χ0n) is 26.7. The fourth-order valence-electron chi connectivity index (χ4n) is 10.3. The lowest BCUT2D eigenvalue weighted by Crippen LogP contribution is -2.56. The second-order valence-corrected chi connectivity index (χ2v) is 22.1. The molecule has 9 atom stereocenters. The zero-order valence-corrected chi connectivity index (χ0v) is 28.6. The Labute approximate surface area is 255 Å². The molecule has 230 valence electrons. The summed E-state index contributed by atoms with van der Waals surface area (Å²) in [4.78, 5) is 1.14. The Kier molecular flexibility index (Phi) is 9.22. The van der Waals surface area contributed by atoms with Gasteiger partial charge in [-0.2, -0.15) is 0 Å². The van der Waals surface area contributed by atoms with E-state index in [0.29, 0.717) is 30.3 Å².